The molecule has 0 spiro atoms. The number of thioether (sulfide) groups is 1. The Balaban J connectivity index is 1.84. The van der Waals surface area contributed by atoms with Gasteiger partial charge in [0.15, 0.2) is 11.5 Å². The molecule has 138 valence electrons. The molecule has 10 heteroatoms. The summed E-state index contributed by atoms with van der Waals surface area (Å²) in [6.45, 7) is 0. The molecule has 0 fully saturated rings. The summed E-state index contributed by atoms with van der Waals surface area (Å²) in [7, 11) is 0. The van der Waals surface area contributed by atoms with Crippen LogP contribution in [0.3, 0.4) is 0 Å². The van der Waals surface area contributed by atoms with Gasteiger partial charge in [-0.15, -0.1) is 11.8 Å². The molecule has 2 N–H and O–H groups in total. The number of halogens is 4. The van der Waals surface area contributed by atoms with Gasteiger partial charge in [0.1, 0.15) is 0 Å². The monoisotopic (exact) mass is 404 g/mol. The average molecular weight is 405 g/mol. The van der Waals surface area contributed by atoms with Gasteiger partial charge in [0.05, 0.1) is 5.69 Å². The fourth-order valence-corrected chi connectivity index (χ4v) is 2.98. The zero-order chi connectivity index (χ0) is 18.9. The van der Waals surface area contributed by atoms with Crippen LogP contribution < -0.4 is 20.1 Å². The second kappa shape index (κ2) is 6.81. The SMILES string of the molecule is CSc1ccccc1NC(=O)N[C@]1(C(F)(F)F)Oc2ccc(Cl)cc2O1. The minimum Gasteiger partial charge on any atom is -0.424 e. The lowest BCUT2D eigenvalue weighted by molar-refractivity contribution is -0.317. The van der Waals surface area contributed by atoms with Gasteiger partial charge in [0.2, 0.25) is 0 Å². The summed E-state index contributed by atoms with van der Waals surface area (Å²) in [5, 5.41) is 4.26. The van der Waals surface area contributed by atoms with E-state index in [-0.39, 0.29) is 16.5 Å². The standard InChI is InChI=1S/C16H12ClF3N2O3S/c1-26-13-5-3-2-4-10(13)21-14(23)22-16(15(18,19)20)24-11-7-6-9(17)8-12(11)25-16/h2-8H,1H3,(H2,21,22,23)/t16-/m1/s1. The Bertz CT molecular complexity index is 850. The molecular weight excluding hydrogens is 393 g/mol. The largest absolute Gasteiger partial charge is 0.492 e. The van der Waals surface area contributed by atoms with Crippen molar-refractivity contribution in [2.24, 2.45) is 0 Å². The number of urea groups is 1. The van der Waals surface area contributed by atoms with E-state index in [4.69, 9.17) is 21.1 Å². The second-order valence-corrected chi connectivity index (χ2v) is 6.47. The van der Waals surface area contributed by atoms with Crippen LogP contribution in [0.2, 0.25) is 5.02 Å². The zero-order valence-electron chi connectivity index (χ0n) is 13.2. The number of carbonyl (C=O) groups excluding carboxylic acids is 1. The molecule has 0 bridgehead atoms. The van der Waals surface area contributed by atoms with Crippen LogP contribution in [0.25, 0.3) is 0 Å². The number of alkyl halides is 3. The maximum absolute atomic E-state index is 13.6. The third-order valence-corrected chi connectivity index (χ3v) is 4.45. The highest BCUT2D eigenvalue weighted by atomic mass is 35.5. The van der Waals surface area contributed by atoms with Crippen molar-refractivity contribution >= 4 is 35.1 Å². The molecule has 0 aromatic heterocycles. The Labute approximate surface area is 155 Å². The molecule has 2 aromatic carbocycles. The van der Waals surface area contributed by atoms with Crippen molar-refractivity contribution in [1.82, 2.24) is 5.32 Å². The molecule has 5 nitrogen and oxygen atoms in total. The predicted octanol–water partition coefficient (Wildman–Crippen LogP) is 4.87. The van der Waals surface area contributed by atoms with Crippen LogP contribution in [-0.4, -0.2) is 24.4 Å². The van der Waals surface area contributed by atoms with E-state index >= 15 is 0 Å². The quantitative estimate of drug-likeness (QED) is 0.716. The number of carbonyl (C=O) groups is 1. The van der Waals surface area contributed by atoms with Crippen molar-refractivity contribution in [1.29, 1.82) is 0 Å². The number of rotatable bonds is 3. The minimum atomic E-state index is -5.05. The number of hydrogen-bond acceptors (Lipinski definition) is 4. The lowest BCUT2D eigenvalue weighted by Crippen LogP contribution is -2.65. The van der Waals surface area contributed by atoms with Crippen molar-refractivity contribution in [3.05, 3.63) is 47.5 Å². The van der Waals surface area contributed by atoms with Crippen LogP contribution in [0.1, 0.15) is 0 Å². The van der Waals surface area contributed by atoms with E-state index in [0.717, 1.165) is 0 Å². The zero-order valence-corrected chi connectivity index (χ0v) is 14.8. The van der Waals surface area contributed by atoms with E-state index in [1.165, 1.54) is 30.0 Å². The molecule has 1 aliphatic heterocycles. The van der Waals surface area contributed by atoms with Gasteiger partial charge in [-0.05, 0) is 30.5 Å². The molecule has 1 heterocycles. The first-order chi connectivity index (χ1) is 12.2. The first-order valence-electron chi connectivity index (χ1n) is 7.20. The van der Waals surface area contributed by atoms with Crippen LogP contribution in [0.4, 0.5) is 23.7 Å². The number of nitrogens with one attached hydrogen (secondary N) is 2. The number of hydrogen-bond donors (Lipinski definition) is 2. The number of para-hydroxylation sites is 1. The molecule has 0 saturated carbocycles. The van der Waals surface area contributed by atoms with Gasteiger partial charge >= 0.3 is 18.1 Å². The van der Waals surface area contributed by atoms with Gasteiger partial charge in [-0.3, -0.25) is 5.32 Å². The van der Waals surface area contributed by atoms with E-state index in [9.17, 15) is 18.0 Å². The summed E-state index contributed by atoms with van der Waals surface area (Å²) >= 11 is 7.09. The lowest BCUT2D eigenvalue weighted by Gasteiger charge is -2.29. The number of anilines is 1. The summed E-state index contributed by atoms with van der Waals surface area (Å²) < 4.78 is 50.6. The van der Waals surface area contributed by atoms with Crippen molar-refractivity contribution < 1.29 is 27.4 Å². The molecule has 1 atom stereocenters. The van der Waals surface area contributed by atoms with Gasteiger partial charge in [0, 0.05) is 16.0 Å². The van der Waals surface area contributed by atoms with Crippen LogP contribution in [0, 0.1) is 0 Å². The molecule has 3 rings (SSSR count). The Kier molecular flexibility index (Phi) is 4.85. The molecule has 0 unspecified atom stereocenters. The molecule has 2 amide bonds. The Morgan fingerprint density at radius 3 is 2.54 bits per heavy atom. The van der Waals surface area contributed by atoms with Crippen molar-refractivity contribution in [3.63, 3.8) is 0 Å². The first-order valence-corrected chi connectivity index (χ1v) is 8.81. The molecule has 0 aliphatic carbocycles. The summed E-state index contributed by atoms with van der Waals surface area (Å²) in [4.78, 5) is 12.9. The van der Waals surface area contributed by atoms with Gasteiger partial charge in [-0.2, -0.15) is 13.2 Å². The molecule has 26 heavy (non-hydrogen) atoms. The van der Waals surface area contributed by atoms with Crippen LogP contribution in [0.5, 0.6) is 11.5 Å². The summed E-state index contributed by atoms with van der Waals surface area (Å²) in [6.07, 6.45) is -3.27. The number of amides is 2. The fourth-order valence-electron chi connectivity index (χ4n) is 2.27. The van der Waals surface area contributed by atoms with E-state index in [2.05, 4.69) is 5.32 Å². The second-order valence-electron chi connectivity index (χ2n) is 5.19. The van der Waals surface area contributed by atoms with Crippen LogP contribution in [-0.2, 0) is 0 Å². The predicted molar refractivity (Wildman–Crippen MR) is 91.9 cm³/mol. The Morgan fingerprint density at radius 2 is 1.85 bits per heavy atom. The van der Waals surface area contributed by atoms with E-state index < -0.39 is 18.1 Å². The normalized spacial score (nSPS) is 18.5. The Morgan fingerprint density at radius 1 is 1.15 bits per heavy atom. The number of fused-ring (bicyclic) bond motifs is 1. The highest BCUT2D eigenvalue weighted by Crippen LogP contribution is 2.46. The molecule has 0 radical (unpaired) electrons. The summed E-state index contributed by atoms with van der Waals surface area (Å²) in [6, 6.07) is 9.30. The van der Waals surface area contributed by atoms with Gasteiger partial charge in [-0.25, -0.2) is 4.79 Å². The van der Waals surface area contributed by atoms with Gasteiger partial charge in [-0.1, -0.05) is 23.7 Å². The lowest BCUT2D eigenvalue weighted by atomic mass is 10.3. The highest BCUT2D eigenvalue weighted by molar-refractivity contribution is 7.98. The number of ether oxygens (including phenoxy) is 2. The fraction of sp³-hybridized carbons (Fsp3) is 0.188. The minimum absolute atomic E-state index is 0.170. The van der Waals surface area contributed by atoms with Crippen molar-refractivity contribution in [2.45, 2.75) is 17.0 Å². The maximum atomic E-state index is 13.6. The summed E-state index contributed by atoms with van der Waals surface area (Å²) in [5.41, 5.74) is 0.355. The molecule has 2 aromatic rings. The summed E-state index contributed by atoms with van der Waals surface area (Å²) in [5.74, 6) is -3.76. The van der Waals surface area contributed by atoms with Crippen LogP contribution >= 0.6 is 23.4 Å². The Hall–Kier alpha value is -2.26. The first kappa shape index (κ1) is 18.5. The smallest absolute Gasteiger partial charge is 0.424 e. The average Bonchev–Trinajstić information content (AvgIpc) is 2.93. The highest BCUT2D eigenvalue weighted by Gasteiger charge is 2.65. The van der Waals surface area contributed by atoms with Gasteiger partial charge in [0.25, 0.3) is 0 Å². The topological polar surface area (TPSA) is 59.6 Å². The van der Waals surface area contributed by atoms with E-state index in [1.807, 2.05) is 0 Å². The molecular formula is C16H12ClF3N2O3S. The molecule has 1 aliphatic rings. The third-order valence-electron chi connectivity index (χ3n) is 3.42. The van der Waals surface area contributed by atoms with Gasteiger partial charge < -0.3 is 14.8 Å². The third kappa shape index (κ3) is 3.49. The maximum Gasteiger partial charge on any atom is 0.492 e. The van der Waals surface area contributed by atoms with Crippen LogP contribution in [0.15, 0.2) is 47.4 Å². The number of benzene rings is 2. The van der Waals surface area contributed by atoms with Crippen molar-refractivity contribution in [3.8, 4) is 11.5 Å². The van der Waals surface area contributed by atoms with E-state index in [1.54, 1.807) is 35.8 Å². The molecule has 0 saturated heterocycles. The van der Waals surface area contributed by atoms with Crippen molar-refractivity contribution in [2.75, 3.05) is 11.6 Å². The van der Waals surface area contributed by atoms with E-state index in [0.29, 0.717) is 10.6 Å².